The largest absolute Gasteiger partial charge is 0.374 e. The highest BCUT2D eigenvalue weighted by atomic mass is 16.5. The lowest BCUT2D eigenvalue weighted by atomic mass is 9.59. The standard InChI is InChI=1S/C38H56N2O/c1-21(2)24-14-15-28-29-12-6-7-16-40(29)35-33(34(35)38(28,5)20-24)31-19-26-23(4)18-27-25-11-8-10-22(3)36(25)41-37(27)32(26)30-13-9-17-39(30)31/h12,19-23,25-28,30,32-37H,6-11,13-18H2,1-5H3/t22-,23?,25?,26?,27?,28-,30?,32?,33?,34?,35?,36?,37?,38?/m1/s1. The van der Waals surface area contributed by atoms with Gasteiger partial charge < -0.3 is 14.5 Å². The minimum atomic E-state index is 0.323. The molecule has 0 aromatic heterocycles. The number of hydrogen-bond acceptors (Lipinski definition) is 3. The van der Waals surface area contributed by atoms with Crippen LogP contribution in [-0.4, -0.2) is 47.2 Å². The van der Waals surface area contributed by atoms with Crippen molar-refractivity contribution in [1.29, 1.82) is 0 Å². The Balaban J connectivity index is 1.10. The van der Waals surface area contributed by atoms with Crippen LogP contribution in [0.3, 0.4) is 0 Å². The molecule has 9 aliphatic rings. The number of rotatable bonds is 2. The maximum Gasteiger partial charge on any atom is 0.0664 e. The zero-order valence-electron chi connectivity index (χ0n) is 26.6. The van der Waals surface area contributed by atoms with E-state index < -0.39 is 0 Å². The number of piperidine rings is 1. The molecule has 5 aliphatic heterocycles. The first kappa shape index (κ1) is 26.2. The quantitative estimate of drug-likeness (QED) is 0.320. The fourth-order valence-electron chi connectivity index (χ4n) is 13.0. The molecular formula is C38H56N2O. The highest BCUT2D eigenvalue weighted by Crippen LogP contribution is 2.70. The topological polar surface area (TPSA) is 15.7 Å². The second-order valence-electron chi connectivity index (χ2n) is 17.0. The third-order valence-electron chi connectivity index (χ3n) is 14.8. The van der Waals surface area contributed by atoms with Gasteiger partial charge in [-0.3, -0.25) is 0 Å². The predicted molar refractivity (Wildman–Crippen MR) is 166 cm³/mol. The Bertz CT molecular complexity index is 1180. The minimum absolute atomic E-state index is 0.323. The summed E-state index contributed by atoms with van der Waals surface area (Å²) in [6, 6.07) is 1.45. The Morgan fingerprint density at radius 1 is 0.902 bits per heavy atom. The van der Waals surface area contributed by atoms with Gasteiger partial charge in [0.1, 0.15) is 0 Å². The van der Waals surface area contributed by atoms with Gasteiger partial charge in [0.05, 0.1) is 12.2 Å². The normalized spacial score (nSPS) is 53.1. The SMILES string of the molecule is CC(C)C1=CC2(C)C3C(C4=CC5C(C)CC6C7CCC[C@@H](C)C7OC6C5C5CCCN45)C3N3CCCC=C3[C@H]2CC1. The van der Waals surface area contributed by atoms with Gasteiger partial charge in [-0.1, -0.05) is 64.8 Å². The molecule has 3 nitrogen and oxygen atoms in total. The van der Waals surface area contributed by atoms with Crippen LogP contribution in [0.2, 0.25) is 0 Å². The Morgan fingerprint density at radius 3 is 2.61 bits per heavy atom. The van der Waals surface area contributed by atoms with E-state index in [-0.39, 0.29) is 0 Å². The summed E-state index contributed by atoms with van der Waals surface area (Å²) in [6.07, 6.45) is 23.3. The third kappa shape index (κ3) is 3.54. The summed E-state index contributed by atoms with van der Waals surface area (Å²) < 4.78 is 7.23. The molecule has 41 heavy (non-hydrogen) atoms. The van der Waals surface area contributed by atoms with Gasteiger partial charge in [-0.15, -0.1) is 0 Å². The molecule has 0 aromatic rings. The van der Waals surface area contributed by atoms with Crippen LogP contribution in [0.25, 0.3) is 0 Å². The van der Waals surface area contributed by atoms with Crippen LogP contribution < -0.4 is 0 Å². The van der Waals surface area contributed by atoms with Gasteiger partial charge in [0, 0.05) is 54.3 Å². The van der Waals surface area contributed by atoms with Crippen LogP contribution in [0.5, 0.6) is 0 Å². The molecule has 5 heterocycles. The molecule has 12 unspecified atom stereocenters. The van der Waals surface area contributed by atoms with Crippen LogP contribution in [-0.2, 0) is 4.74 Å². The van der Waals surface area contributed by atoms with E-state index in [2.05, 4.69) is 62.6 Å². The van der Waals surface area contributed by atoms with Crippen molar-refractivity contribution in [2.45, 2.75) is 123 Å². The molecule has 0 N–H and O–H groups in total. The summed E-state index contributed by atoms with van der Waals surface area (Å²) in [7, 11) is 0. The Labute approximate surface area is 250 Å². The summed E-state index contributed by atoms with van der Waals surface area (Å²) in [4.78, 5) is 5.97. The second kappa shape index (κ2) is 9.15. The fraction of sp³-hybridized carbons (Fsp3) is 0.842. The number of hydrogen-bond donors (Lipinski definition) is 0. The van der Waals surface area contributed by atoms with Gasteiger partial charge in [-0.25, -0.2) is 0 Å². The van der Waals surface area contributed by atoms with Gasteiger partial charge in [0.2, 0.25) is 0 Å². The fourth-order valence-corrected chi connectivity index (χ4v) is 13.0. The molecule has 4 aliphatic carbocycles. The van der Waals surface area contributed by atoms with Crippen molar-refractivity contribution >= 4 is 0 Å². The lowest BCUT2D eigenvalue weighted by molar-refractivity contribution is -0.0851. The maximum atomic E-state index is 7.23. The lowest BCUT2D eigenvalue weighted by Gasteiger charge is -2.52. The van der Waals surface area contributed by atoms with Crippen molar-refractivity contribution in [3.05, 3.63) is 35.2 Å². The summed E-state index contributed by atoms with van der Waals surface area (Å²) >= 11 is 0. The lowest BCUT2D eigenvalue weighted by Crippen LogP contribution is -2.54. The smallest absolute Gasteiger partial charge is 0.0664 e. The van der Waals surface area contributed by atoms with Crippen LogP contribution in [0.15, 0.2) is 35.2 Å². The first-order chi connectivity index (χ1) is 19.9. The molecule has 0 spiro atoms. The molecule has 0 amide bonds. The number of nitrogens with zero attached hydrogens (tertiary/aromatic N) is 2. The van der Waals surface area contributed by atoms with Crippen molar-refractivity contribution < 1.29 is 4.74 Å². The van der Waals surface area contributed by atoms with Crippen LogP contribution in [0.1, 0.15) is 98.8 Å². The average Bonchev–Trinajstić information content (AvgIpc) is 3.33. The van der Waals surface area contributed by atoms with E-state index >= 15 is 0 Å². The van der Waals surface area contributed by atoms with Gasteiger partial charge >= 0.3 is 0 Å². The Kier molecular flexibility index (Phi) is 5.85. The van der Waals surface area contributed by atoms with Gasteiger partial charge in [-0.05, 0) is 105 Å². The van der Waals surface area contributed by atoms with E-state index in [0.29, 0.717) is 23.5 Å². The van der Waals surface area contributed by atoms with Crippen molar-refractivity contribution in [2.24, 2.45) is 64.6 Å². The molecule has 0 bridgehead atoms. The van der Waals surface area contributed by atoms with E-state index in [1.807, 2.05) is 0 Å². The minimum Gasteiger partial charge on any atom is -0.374 e. The van der Waals surface area contributed by atoms with E-state index in [1.165, 1.54) is 77.3 Å². The third-order valence-corrected chi connectivity index (χ3v) is 14.8. The van der Waals surface area contributed by atoms with Gasteiger partial charge in [0.15, 0.2) is 0 Å². The van der Waals surface area contributed by atoms with Crippen molar-refractivity contribution in [1.82, 2.24) is 9.80 Å². The predicted octanol–water partition coefficient (Wildman–Crippen LogP) is 8.05. The van der Waals surface area contributed by atoms with E-state index in [0.717, 1.165) is 65.3 Å². The zero-order chi connectivity index (χ0) is 27.8. The molecule has 0 aromatic carbocycles. The molecule has 3 heteroatoms. The van der Waals surface area contributed by atoms with Crippen molar-refractivity contribution in [3.63, 3.8) is 0 Å². The maximum absolute atomic E-state index is 7.23. The monoisotopic (exact) mass is 556 g/mol. The van der Waals surface area contributed by atoms with Gasteiger partial charge in [-0.2, -0.15) is 0 Å². The van der Waals surface area contributed by atoms with Crippen LogP contribution in [0, 0.1) is 64.6 Å². The first-order valence-corrected chi connectivity index (χ1v) is 18.2. The van der Waals surface area contributed by atoms with Gasteiger partial charge in [0.25, 0.3) is 0 Å². The summed E-state index contributed by atoms with van der Waals surface area (Å²) in [6.45, 7) is 15.3. The Morgan fingerprint density at radius 2 is 1.76 bits per heavy atom. The number of ether oxygens (including phenoxy) is 1. The van der Waals surface area contributed by atoms with E-state index in [4.69, 9.17) is 4.74 Å². The zero-order valence-corrected chi connectivity index (χ0v) is 26.6. The molecule has 224 valence electrons. The number of allylic oxidation sites excluding steroid dienone is 5. The van der Waals surface area contributed by atoms with Crippen LogP contribution in [0.4, 0.5) is 0 Å². The molecule has 14 atom stereocenters. The van der Waals surface area contributed by atoms with Crippen molar-refractivity contribution in [2.75, 3.05) is 13.1 Å². The highest BCUT2D eigenvalue weighted by molar-refractivity contribution is 5.41. The number of fused-ring (bicyclic) bond motifs is 13. The molecule has 0 radical (unpaired) electrons. The Hall–Kier alpha value is -1.22. The molecule has 3 saturated heterocycles. The van der Waals surface area contributed by atoms with Crippen molar-refractivity contribution in [3.8, 4) is 0 Å². The average molecular weight is 557 g/mol. The molecular weight excluding hydrogens is 500 g/mol. The first-order valence-electron chi connectivity index (χ1n) is 18.2. The molecule has 9 rings (SSSR count). The van der Waals surface area contributed by atoms with Crippen LogP contribution >= 0.6 is 0 Å². The molecule has 3 saturated carbocycles. The van der Waals surface area contributed by atoms with E-state index in [1.54, 1.807) is 17.0 Å². The summed E-state index contributed by atoms with van der Waals surface area (Å²) in [5.41, 5.74) is 5.62. The summed E-state index contributed by atoms with van der Waals surface area (Å²) in [5, 5.41) is 0. The molecule has 6 fully saturated rings. The second-order valence-corrected chi connectivity index (χ2v) is 17.0. The summed E-state index contributed by atoms with van der Waals surface area (Å²) in [5.74, 6) is 7.61. The van der Waals surface area contributed by atoms with E-state index in [9.17, 15) is 0 Å². The highest BCUT2D eigenvalue weighted by Gasteiger charge is 2.70.